The number of rotatable bonds is 16. The first-order valence-corrected chi connectivity index (χ1v) is 14.2. The van der Waals surface area contributed by atoms with E-state index in [1.54, 1.807) is 6.20 Å². The lowest BCUT2D eigenvalue weighted by atomic mass is 10.0. The molecule has 3 amide bonds. The van der Waals surface area contributed by atoms with Crippen LogP contribution in [0.25, 0.3) is 10.9 Å². The molecule has 2 aromatic carbocycles. The monoisotopic (exact) mass is 582 g/mol. The molecule has 41 heavy (non-hydrogen) atoms. The Hall–Kier alpha value is -3.87. The summed E-state index contributed by atoms with van der Waals surface area (Å²) in [6.45, 7) is 0.421. The summed E-state index contributed by atoms with van der Waals surface area (Å²) < 4.78 is 0. The number of nitrogens with two attached hydrogens (primary N) is 2. The standard InChI is InChI=1S/C29H38N6O5S/c30-13-7-6-12-23(33-26(36)21(31)14-18-8-2-1-3-9-18)27(37)35-25(17-41)28(38)34-24(29(39)40)15-19-16-32-22-11-5-4-10-20(19)22/h1-5,8-11,16,21,23-25,32,41H,6-7,12-15,17,30-31H2,(H,33,36)(H,34,38)(H,35,37)(H,39,40). The van der Waals surface area contributed by atoms with E-state index in [0.717, 1.165) is 22.0 Å². The van der Waals surface area contributed by atoms with Crippen LogP contribution in [-0.4, -0.2) is 70.2 Å². The van der Waals surface area contributed by atoms with Gasteiger partial charge in [0.05, 0.1) is 6.04 Å². The molecule has 0 saturated carbocycles. The SMILES string of the molecule is NCCCCC(NC(=O)C(N)Cc1ccccc1)C(=O)NC(CS)C(=O)NC(Cc1c[nH]c2ccccc12)C(=O)O. The minimum absolute atomic E-state index is 0.0371. The summed E-state index contributed by atoms with van der Waals surface area (Å²) >= 11 is 4.20. The molecule has 1 heterocycles. The van der Waals surface area contributed by atoms with Crippen LogP contribution in [0.5, 0.6) is 0 Å². The number of nitrogens with one attached hydrogen (secondary N) is 4. The lowest BCUT2D eigenvalue weighted by Crippen LogP contribution is -2.58. The predicted molar refractivity (Wildman–Crippen MR) is 160 cm³/mol. The molecule has 4 unspecified atom stereocenters. The van der Waals surface area contributed by atoms with Crippen LogP contribution in [0.4, 0.5) is 0 Å². The minimum Gasteiger partial charge on any atom is -0.480 e. The van der Waals surface area contributed by atoms with Gasteiger partial charge in [0.15, 0.2) is 0 Å². The molecule has 0 bridgehead atoms. The zero-order valence-corrected chi connectivity index (χ0v) is 23.6. The van der Waals surface area contributed by atoms with Gasteiger partial charge in [-0.05, 0) is 49.4 Å². The van der Waals surface area contributed by atoms with Crippen molar-refractivity contribution in [3.63, 3.8) is 0 Å². The molecule has 0 saturated heterocycles. The number of carbonyl (C=O) groups excluding carboxylic acids is 3. The Morgan fingerprint density at radius 1 is 0.829 bits per heavy atom. The van der Waals surface area contributed by atoms with E-state index in [2.05, 4.69) is 33.6 Å². The molecule has 1 aromatic heterocycles. The second-order valence-electron chi connectivity index (χ2n) is 9.85. The molecule has 11 nitrogen and oxygen atoms in total. The zero-order valence-electron chi connectivity index (χ0n) is 22.7. The number of aromatic nitrogens is 1. The number of hydrogen-bond acceptors (Lipinski definition) is 7. The summed E-state index contributed by atoms with van der Waals surface area (Å²) in [5.41, 5.74) is 14.2. The highest BCUT2D eigenvalue weighted by molar-refractivity contribution is 7.80. The van der Waals surface area contributed by atoms with E-state index in [-0.39, 0.29) is 18.6 Å². The number of carboxylic acid groups (broad SMARTS) is 1. The van der Waals surface area contributed by atoms with Crippen molar-refractivity contribution in [3.8, 4) is 0 Å². The number of carboxylic acids is 1. The van der Waals surface area contributed by atoms with Gasteiger partial charge in [-0.1, -0.05) is 48.5 Å². The van der Waals surface area contributed by atoms with Crippen molar-refractivity contribution in [3.05, 3.63) is 71.9 Å². The fourth-order valence-electron chi connectivity index (χ4n) is 4.46. The number of benzene rings is 2. The third kappa shape index (κ3) is 9.34. The van der Waals surface area contributed by atoms with Gasteiger partial charge in [0.2, 0.25) is 17.7 Å². The smallest absolute Gasteiger partial charge is 0.326 e. The van der Waals surface area contributed by atoms with Crippen LogP contribution in [0, 0.1) is 0 Å². The van der Waals surface area contributed by atoms with E-state index in [9.17, 15) is 24.3 Å². The van der Waals surface area contributed by atoms with Gasteiger partial charge in [0.1, 0.15) is 18.1 Å². The number of H-pyrrole nitrogens is 1. The average molecular weight is 583 g/mol. The van der Waals surface area contributed by atoms with Crippen molar-refractivity contribution < 1.29 is 24.3 Å². The van der Waals surface area contributed by atoms with Gasteiger partial charge in [0, 0.05) is 29.3 Å². The quantitative estimate of drug-likeness (QED) is 0.0907. The molecule has 0 radical (unpaired) electrons. The molecule has 4 atom stereocenters. The highest BCUT2D eigenvalue weighted by atomic mass is 32.1. The zero-order chi connectivity index (χ0) is 29.8. The van der Waals surface area contributed by atoms with Gasteiger partial charge in [0.25, 0.3) is 0 Å². The number of aliphatic carboxylic acids is 1. The van der Waals surface area contributed by atoms with Crippen molar-refractivity contribution in [2.24, 2.45) is 11.5 Å². The predicted octanol–water partition coefficient (Wildman–Crippen LogP) is 0.878. The highest BCUT2D eigenvalue weighted by Crippen LogP contribution is 2.19. The number of hydrogen-bond donors (Lipinski definition) is 8. The molecule has 12 heteroatoms. The first-order chi connectivity index (χ1) is 19.7. The summed E-state index contributed by atoms with van der Waals surface area (Å²) in [4.78, 5) is 54.2. The van der Waals surface area contributed by atoms with Gasteiger partial charge in [-0.3, -0.25) is 14.4 Å². The lowest BCUT2D eigenvalue weighted by molar-refractivity contribution is -0.142. The molecule has 3 rings (SSSR count). The highest BCUT2D eigenvalue weighted by Gasteiger charge is 2.30. The van der Waals surface area contributed by atoms with Crippen molar-refractivity contribution in [2.75, 3.05) is 12.3 Å². The molecular weight excluding hydrogens is 544 g/mol. The van der Waals surface area contributed by atoms with Crippen molar-refractivity contribution >= 4 is 47.2 Å². The van der Waals surface area contributed by atoms with Gasteiger partial charge in [-0.25, -0.2) is 4.79 Å². The van der Waals surface area contributed by atoms with Crippen LogP contribution in [-0.2, 0) is 32.0 Å². The molecule has 3 aromatic rings. The van der Waals surface area contributed by atoms with Gasteiger partial charge >= 0.3 is 5.97 Å². The molecule has 0 aliphatic carbocycles. The molecule has 9 N–H and O–H groups in total. The second-order valence-corrected chi connectivity index (χ2v) is 10.2. The van der Waals surface area contributed by atoms with Crippen molar-refractivity contribution in [1.82, 2.24) is 20.9 Å². The molecule has 0 aliphatic rings. The fraction of sp³-hybridized carbons (Fsp3) is 0.379. The fourth-order valence-corrected chi connectivity index (χ4v) is 4.72. The van der Waals surface area contributed by atoms with E-state index < -0.39 is 47.9 Å². The molecular formula is C29H38N6O5S. The lowest BCUT2D eigenvalue weighted by Gasteiger charge is -2.24. The number of unbranched alkanes of at least 4 members (excludes halogenated alkanes) is 1. The molecule has 0 spiro atoms. The van der Waals surface area contributed by atoms with Gasteiger partial charge < -0.3 is 37.5 Å². The van der Waals surface area contributed by atoms with E-state index in [1.807, 2.05) is 54.6 Å². The molecule has 220 valence electrons. The Bertz CT molecular complexity index is 1320. The Balaban J connectivity index is 1.64. The number of para-hydroxylation sites is 1. The van der Waals surface area contributed by atoms with Crippen LogP contribution in [0.15, 0.2) is 60.8 Å². The third-order valence-electron chi connectivity index (χ3n) is 6.74. The van der Waals surface area contributed by atoms with Crippen molar-refractivity contribution in [1.29, 1.82) is 0 Å². The van der Waals surface area contributed by atoms with Crippen LogP contribution in [0.2, 0.25) is 0 Å². The Morgan fingerprint density at radius 3 is 2.15 bits per heavy atom. The maximum absolute atomic E-state index is 13.2. The summed E-state index contributed by atoms with van der Waals surface area (Å²) in [6, 6.07) is 12.5. The molecule has 0 aliphatic heterocycles. The Labute approximate surface area is 244 Å². The third-order valence-corrected chi connectivity index (χ3v) is 7.11. The molecule has 0 fully saturated rings. The van der Waals surface area contributed by atoms with E-state index in [0.29, 0.717) is 25.8 Å². The Kier molecular flexibility index (Phi) is 12.2. The van der Waals surface area contributed by atoms with Gasteiger partial charge in [-0.15, -0.1) is 0 Å². The Morgan fingerprint density at radius 2 is 1.46 bits per heavy atom. The number of fused-ring (bicyclic) bond motifs is 1. The van der Waals surface area contributed by atoms with E-state index in [1.165, 1.54) is 0 Å². The van der Waals surface area contributed by atoms with Crippen LogP contribution in [0.3, 0.4) is 0 Å². The van der Waals surface area contributed by atoms with E-state index >= 15 is 0 Å². The summed E-state index contributed by atoms with van der Waals surface area (Å²) in [7, 11) is 0. The van der Waals surface area contributed by atoms with Gasteiger partial charge in [-0.2, -0.15) is 12.6 Å². The minimum atomic E-state index is -1.24. The largest absolute Gasteiger partial charge is 0.480 e. The normalized spacial score (nSPS) is 14.0. The van der Waals surface area contributed by atoms with Crippen LogP contribution < -0.4 is 27.4 Å². The van der Waals surface area contributed by atoms with Crippen molar-refractivity contribution in [2.45, 2.75) is 56.3 Å². The number of aromatic amines is 1. The van der Waals surface area contributed by atoms with Crippen LogP contribution >= 0.6 is 12.6 Å². The summed E-state index contributed by atoms with van der Waals surface area (Å²) in [6.07, 6.45) is 3.52. The number of thiol groups is 1. The maximum atomic E-state index is 13.2. The summed E-state index contributed by atoms with van der Waals surface area (Å²) in [5.74, 6) is -3.10. The summed E-state index contributed by atoms with van der Waals surface area (Å²) in [5, 5.41) is 18.5. The topological polar surface area (TPSA) is 192 Å². The first-order valence-electron chi connectivity index (χ1n) is 13.5. The first kappa shape index (κ1) is 31.7. The van der Waals surface area contributed by atoms with E-state index in [4.69, 9.17) is 11.5 Å². The average Bonchev–Trinajstić information content (AvgIpc) is 3.38. The second kappa shape index (κ2) is 15.8. The number of amides is 3. The number of carbonyl (C=O) groups is 4. The van der Waals surface area contributed by atoms with Crippen LogP contribution in [0.1, 0.15) is 30.4 Å². The maximum Gasteiger partial charge on any atom is 0.326 e.